The first-order valence-electron chi connectivity index (χ1n) is 6.23. The Morgan fingerprint density at radius 1 is 1.20 bits per heavy atom. The maximum atomic E-state index is 12.0. The average molecular weight is 209 g/mol. The van der Waals surface area contributed by atoms with Crippen molar-refractivity contribution < 1.29 is 4.79 Å². The van der Waals surface area contributed by atoms with E-state index in [1.165, 1.54) is 19.3 Å². The maximum Gasteiger partial charge on any atom is 0.223 e. The Morgan fingerprint density at radius 2 is 1.73 bits per heavy atom. The molecule has 1 heterocycles. The van der Waals surface area contributed by atoms with Crippen molar-refractivity contribution in [1.82, 2.24) is 4.90 Å². The highest BCUT2D eigenvalue weighted by Gasteiger charge is 2.38. The minimum absolute atomic E-state index is 0.134. The standard InChI is InChI=1S/C13H23NO/c1-13(2,3)7-12(15)14-8-10-5-4-6-11(10)9-14/h10-11H,4-9H2,1-3H3. The summed E-state index contributed by atoms with van der Waals surface area (Å²) in [5, 5.41) is 0. The van der Waals surface area contributed by atoms with Crippen LogP contribution >= 0.6 is 0 Å². The molecule has 2 unspecified atom stereocenters. The molecule has 2 heteroatoms. The van der Waals surface area contributed by atoms with E-state index >= 15 is 0 Å². The fourth-order valence-electron chi connectivity index (χ4n) is 3.00. The number of hydrogen-bond acceptors (Lipinski definition) is 1. The van der Waals surface area contributed by atoms with E-state index in [2.05, 4.69) is 25.7 Å². The lowest BCUT2D eigenvalue weighted by Gasteiger charge is -2.23. The Hall–Kier alpha value is -0.530. The molecule has 2 rings (SSSR count). The van der Waals surface area contributed by atoms with Gasteiger partial charge in [-0.05, 0) is 30.1 Å². The van der Waals surface area contributed by atoms with Crippen molar-refractivity contribution in [2.45, 2.75) is 46.5 Å². The number of carbonyl (C=O) groups excluding carboxylic acids is 1. The summed E-state index contributed by atoms with van der Waals surface area (Å²) in [7, 11) is 0. The summed E-state index contributed by atoms with van der Waals surface area (Å²) in [6.45, 7) is 8.50. The van der Waals surface area contributed by atoms with E-state index in [-0.39, 0.29) is 5.41 Å². The van der Waals surface area contributed by atoms with Gasteiger partial charge in [0.15, 0.2) is 0 Å². The molecule has 0 radical (unpaired) electrons. The molecule has 0 spiro atoms. The molecule has 1 aliphatic heterocycles. The van der Waals surface area contributed by atoms with Gasteiger partial charge in [0.25, 0.3) is 0 Å². The van der Waals surface area contributed by atoms with Gasteiger partial charge in [-0.25, -0.2) is 0 Å². The van der Waals surface area contributed by atoms with Crippen molar-refractivity contribution in [2.75, 3.05) is 13.1 Å². The van der Waals surface area contributed by atoms with E-state index in [0.29, 0.717) is 12.3 Å². The van der Waals surface area contributed by atoms with E-state index in [0.717, 1.165) is 24.9 Å². The van der Waals surface area contributed by atoms with Crippen LogP contribution < -0.4 is 0 Å². The summed E-state index contributed by atoms with van der Waals surface area (Å²) in [4.78, 5) is 14.1. The summed E-state index contributed by atoms with van der Waals surface area (Å²) < 4.78 is 0. The Morgan fingerprint density at radius 3 is 2.20 bits per heavy atom. The highest BCUT2D eigenvalue weighted by atomic mass is 16.2. The predicted octanol–water partition coefficient (Wildman–Crippen LogP) is 2.68. The van der Waals surface area contributed by atoms with Crippen LogP contribution in [-0.2, 0) is 4.79 Å². The second-order valence-electron chi connectivity index (χ2n) is 6.49. The number of amides is 1. The molecule has 0 N–H and O–H groups in total. The van der Waals surface area contributed by atoms with Crippen LogP contribution in [0.4, 0.5) is 0 Å². The molecule has 1 aliphatic carbocycles. The van der Waals surface area contributed by atoms with Gasteiger partial charge in [0.1, 0.15) is 0 Å². The molecule has 1 amide bonds. The van der Waals surface area contributed by atoms with Gasteiger partial charge >= 0.3 is 0 Å². The van der Waals surface area contributed by atoms with Crippen LogP contribution in [0.2, 0.25) is 0 Å². The first-order chi connectivity index (χ1) is 6.96. The third-order valence-electron chi connectivity index (χ3n) is 3.76. The van der Waals surface area contributed by atoms with Crippen molar-refractivity contribution in [3.63, 3.8) is 0 Å². The number of rotatable bonds is 1. The van der Waals surface area contributed by atoms with Crippen molar-refractivity contribution in [2.24, 2.45) is 17.3 Å². The maximum absolute atomic E-state index is 12.0. The lowest BCUT2D eigenvalue weighted by Crippen LogP contribution is -2.32. The number of fused-ring (bicyclic) bond motifs is 1. The fourth-order valence-corrected chi connectivity index (χ4v) is 3.00. The molecular formula is C13H23NO. The minimum Gasteiger partial charge on any atom is -0.342 e. The van der Waals surface area contributed by atoms with E-state index in [4.69, 9.17) is 0 Å². The second-order valence-corrected chi connectivity index (χ2v) is 6.49. The highest BCUT2D eigenvalue weighted by Crippen LogP contribution is 2.38. The van der Waals surface area contributed by atoms with Crippen LogP contribution in [0, 0.1) is 17.3 Å². The molecule has 2 atom stereocenters. The molecular weight excluding hydrogens is 186 g/mol. The molecule has 1 saturated carbocycles. The molecule has 86 valence electrons. The first-order valence-corrected chi connectivity index (χ1v) is 6.23. The van der Waals surface area contributed by atoms with Crippen LogP contribution in [0.15, 0.2) is 0 Å². The number of carbonyl (C=O) groups is 1. The van der Waals surface area contributed by atoms with Crippen LogP contribution in [0.5, 0.6) is 0 Å². The SMILES string of the molecule is CC(C)(C)CC(=O)N1CC2CCCC2C1. The largest absolute Gasteiger partial charge is 0.342 e. The van der Waals surface area contributed by atoms with Crippen molar-refractivity contribution in [1.29, 1.82) is 0 Å². The van der Waals surface area contributed by atoms with Gasteiger partial charge in [-0.15, -0.1) is 0 Å². The quantitative estimate of drug-likeness (QED) is 0.650. The Kier molecular flexibility index (Phi) is 2.78. The molecule has 0 aromatic rings. The monoisotopic (exact) mass is 209 g/mol. The lowest BCUT2D eigenvalue weighted by molar-refractivity contribution is -0.132. The smallest absolute Gasteiger partial charge is 0.223 e. The summed E-state index contributed by atoms with van der Waals surface area (Å²) in [6, 6.07) is 0. The Balaban J connectivity index is 1.88. The molecule has 15 heavy (non-hydrogen) atoms. The summed E-state index contributed by atoms with van der Waals surface area (Å²) in [6.07, 6.45) is 4.79. The van der Waals surface area contributed by atoms with Gasteiger partial charge in [-0.1, -0.05) is 27.2 Å². The molecule has 0 bridgehead atoms. The summed E-state index contributed by atoms with van der Waals surface area (Å²) in [5.41, 5.74) is 0.134. The van der Waals surface area contributed by atoms with Gasteiger partial charge < -0.3 is 4.90 Å². The van der Waals surface area contributed by atoms with Gasteiger partial charge in [-0.3, -0.25) is 4.79 Å². The van der Waals surface area contributed by atoms with Gasteiger partial charge in [0.2, 0.25) is 5.91 Å². The van der Waals surface area contributed by atoms with E-state index in [1.54, 1.807) is 0 Å². The van der Waals surface area contributed by atoms with Crippen LogP contribution in [0.25, 0.3) is 0 Å². The molecule has 2 nitrogen and oxygen atoms in total. The van der Waals surface area contributed by atoms with Crippen LogP contribution in [-0.4, -0.2) is 23.9 Å². The zero-order chi connectivity index (χ0) is 11.1. The highest BCUT2D eigenvalue weighted by molar-refractivity contribution is 5.77. The number of hydrogen-bond donors (Lipinski definition) is 0. The van der Waals surface area contributed by atoms with Crippen molar-refractivity contribution in [3.8, 4) is 0 Å². The summed E-state index contributed by atoms with van der Waals surface area (Å²) in [5.74, 6) is 2.03. The molecule has 1 saturated heterocycles. The zero-order valence-electron chi connectivity index (χ0n) is 10.3. The first kappa shape index (κ1) is 11.0. The predicted molar refractivity (Wildman–Crippen MR) is 61.5 cm³/mol. The molecule has 0 aromatic heterocycles. The average Bonchev–Trinajstić information content (AvgIpc) is 2.56. The van der Waals surface area contributed by atoms with Crippen molar-refractivity contribution >= 4 is 5.91 Å². The number of likely N-dealkylation sites (tertiary alicyclic amines) is 1. The Bertz CT molecular complexity index is 242. The number of nitrogens with zero attached hydrogens (tertiary/aromatic N) is 1. The van der Waals surface area contributed by atoms with E-state index < -0.39 is 0 Å². The molecule has 2 fully saturated rings. The normalized spacial score (nSPS) is 30.7. The Labute approximate surface area is 93.0 Å². The fraction of sp³-hybridized carbons (Fsp3) is 0.923. The molecule has 2 aliphatic rings. The van der Waals surface area contributed by atoms with Crippen LogP contribution in [0.3, 0.4) is 0 Å². The lowest BCUT2D eigenvalue weighted by atomic mass is 9.91. The zero-order valence-corrected chi connectivity index (χ0v) is 10.3. The molecule has 0 aromatic carbocycles. The third-order valence-corrected chi connectivity index (χ3v) is 3.76. The van der Waals surface area contributed by atoms with E-state index in [9.17, 15) is 4.79 Å². The second kappa shape index (κ2) is 3.80. The minimum atomic E-state index is 0.134. The van der Waals surface area contributed by atoms with E-state index in [1.807, 2.05) is 0 Å². The third kappa shape index (κ3) is 2.53. The van der Waals surface area contributed by atoms with Crippen LogP contribution in [0.1, 0.15) is 46.5 Å². The van der Waals surface area contributed by atoms with Gasteiger partial charge in [0.05, 0.1) is 0 Å². The van der Waals surface area contributed by atoms with Gasteiger partial charge in [-0.2, -0.15) is 0 Å². The van der Waals surface area contributed by atoms with Gasteiger partial charge in [0, 0.05) is 19.5 Å². The van der Waals surface area contributed by atoms with Crippen molar-refractivity contribution in [3.05, 3.63) is 0 Å². The topological polar surface area (TPSA) is 20.3 Å². The summed E-state index contributed by atoms with van der Waals surface area (Å²) >= 11 is 0.